The normalized spacial score (nSPS) is 18.5. The number of alkyl halides is 6. The van der Waals surface area contributed by atoms with E-state index in [4.69, 9.17) is 9.47 Å². The van der Waals surface area contributed by atoms with Gasteiger partial charge in [-0.1, -0.05) is 24.3 Å². The van der Waals surface area contributed by atoms with E-state index in [1.54, 1.807) is 31.3 Å². The number of nitrogens with one attached hydrogen (secondary N) is 1. The highest BCUT2D eigenvalue weighted by molar-refractivity contribution is 5.78. The lowest BCUT2D eigenvalue weighted by atomic mass is 9.87. The molecule has 13 heteroatoms. The van der Waals surface area contributed by atoms with Gasteiger partial charge >= 0.3 is 24.4 Å². The van der Waals surface area contributed by atoms with Crippen molar-refractivity contribution in [3.63, 3.8) is 0 Å². The van der Waals surface area contributed by atoms with Gasteiger partial charge in [-0.15, -0.1) is 0 Å². The zero-order valence-corrected chi connectivity index (χ0v) is 23.8. The van der Waals surface area contributed by atoms with E-state index in [1.807, 2.05) is 0 Å². The first-order chi connectivity index (χ1) is 20.5. The molecule has 3 aromatic rings. The monoisotopic (exact) mass is 624 g/mol. The number of benzene rings is 3. The molecule has 2 N–H and O–H groups in total. The number of carbonyl (C=O) groups is 2. The van der Waals surface area contributed by atoms with Gasteiger partial charge in [-0.2, -0.15) is 26.3 Å². The molecule has 0 radical (unpaired) electrons. The molecule has 2 atom stereocenters. The van der Waals surface area contributed by atoms with Gasteiger partial charge in [0, 0.05) is 26.4 Å². The zero-order valence-electron chi connectivity index (χ0n) is 23.8. The molecule has 0 saturated carbocycles. The second-order valence-corrected chi connectivity index (χ2v) is 10.9. The number of likely N-dealkylation sites (N-methyl/N-ethyl adjacent to an activating group) is 1. The largest absolute Gasteiger partial charge is 0.493 e. The fourth-order valence-corrected chi connectivity index (χ4v) is 5.03. The highest BCUT2D eigenvalue weighted by atomic mass is 19.4. The summed E-state index contributed by atoms with van der Waals surface area (Å²) in [5, 5.41) is 12.7. The number of carboxylic acid groups (broad SMARTS) is 1. The molecule has 3 aromatic carbocycles. The Balaban J connectivity index is 1.43. The molecule has 4 rings (SSSR count). The summed E-state index contributed by atoms with van der Waals surface area (Å²) in [6, 6.07) is 14.8. The number of nitrogens with zero attached hydrogens (tertiary/aromatic N) is 1. The number of rotatable bonds is 11. The predicted octanol–water partition coefficient (Wildman–Crippen LogP) is 6.59. The molecule has 0 bridgehead atoms. The summed E-state index contributed by atoms with van der Waals surface area (Å²) in [5.41, 5.74) is -3.11. The maximum atomic E-state index is 13.0. The minimum atomic E-state index is -4.55. The second kappa shape index (κ2) is 12.3. The zero-order chi connectivity index (χ0) is 32.3. The summed E-state index contributed by atoms with van der Waals surface area (Å²) in [6.07, 6.45) is -8.54. The van der Waals surface area contributed by atoms with Crippen LogP contribution in [0.5, 0.6) is 11.5 Å². The Kier molecular flexibility index (Phi) is 9.08. The Bertz CT molecular complexity index is 1480. The third-order valence-electron chi connectivity index (χ3n) is 7.65. The Morgan fingerprint density at radius 1 is 0.909 bits per heavy atom. The Labute approximate surface area is 249 Å². The molecule has 2 unspecified atom stereocenters. The summed E-state index contributed by atoms with van der Waals surface area (Å²) in [4.78, 5) is 26.0. The van der Waals surface area contributed by atoms with Gasteiger partial charge in [0.2, 0.25) is 5.60 Å². The third-order valence-corrected chi connectivity index (χ3v) is 7.65. The Morgan fingerprint density at radius 2 is 1.50 bits per heavy atom. The first-order valence-electron chi connectivity index (χ1n) is 13.5. The molecule has 1 saturated heterocycles. The molecule has 1 heterocycles. The van der Waals surface area contributed by atoms with E-state index < -0.39 is 40.6 Å². The lowest BCUT2D eigenvalue weighted by Gasteiger charge is -2.35. The summed E-state index contributed by atoms with van der Waals surface area (Å²) < 4.78 is 89.2. The van der Waals surface area contributed by atoms with Gasteiger partial charge in [0.05, 0.1) is 23.3 Å². The lowest BCUT2D eigenvalue weighted by Crippen LogP contribution is -2.48. The van der Waals surface area contributed by atoms with Gasteiger partial charge in [-0.3, -0.25) is 0 Å². The average molecular weight is 625 g/mol. The van der Waals surface area contributed by atoms with E-state index in [-0.39, 0.29) is 37.8 Å². The van der Waals surface area contributed by atoms with Crippen LogP contribution in [0.4, 0.5) is 31.1 Å². The molecular formula is C31H30F6N2O5. The molecule has 2 amide bonds. The second-order valence-electron chi connectivity index (χ2n) is 10.9. The van der Waals surface area contributed by atoms with Gasteiger partial charge in [-0.25, -0.2) is 9.59 Å². The summed E-state index contributed by atoms with van der Waals surface area (Å²) in [5.74, 6) is -0.970. The van der Waals surface area contributed by atoms with Gasteiger partial charge in [0.15, 0.2) is 0 Å². The van der Waals surface area contributed by atoms with Crippen LogP contribution < -0.4 is 14.8 Å². The number of halogens is 6. The van der Waals surface area contributed by atoms with Crippen molar-refractivity contribution >= 4 is 12.0 Å². The van der Waals surface area contributed by atoms with E-state index in [2.05, 4.69) is 5.32 Å². The van der Waals surface area contributed by atoms with Crippen LogP contribution in [0.25, 0.3) is 0 Å². The highest BCUT2D eigenvalue weighted by Gasteiger charge is 2.43. The number of urea groups is 1. The molecule has 1 aliphatic rings. The number of aliphatic carboxylic acids is 1. The van der Waals surface area contributed by atoms with Gasteiger partial charge < -0.3 is 24.8 Å². The molecule has 236 valence electrons. The fraction of sp³-hybridized carbons (Fsp3) is 0.355. The molecule has 7 nitrogen and oxygen atoms in total. The van der Waals surface area contributed by atoms with Crippen molar-refractivity contribution in [1.82, 2.24) is 10.2 Å². The number of hydrogen-bond donors (Lipinski definition) is 2. The van der Waals surface area contributed by atoms with E-state index in [1.165, 1.54) is 24.0 Å². The molecule has 0 aromatic heterocycles. The van der Waals surface area contributed by atoms with Crippen LogP contribution in [0.2, 0.25) is 0 Å². The maximum absolute atomic E-state index is 13.0. The van der Waals surface area contributed by atoms with Crippen LogP contribution in [-0.4, -0.2) is 53.3 Å². The number of carbonyl (C=O) groups excluding carboxylic acids is 1. The molecule has 1 aliphatic heterocycles. The fourth-order valence-electron chi connectivity index (χ4n) is 5.03. The van der Waals surface area contributed by atoms with E-state index in [9.17, 15) is 41.0 Å². The van der Waals surface area contributed by atoms with Gasteiger partial charge in [0.1, 0.15) is 11.5 Å². The van der Waals surface area contributed by atoms with Crippen LogP contribution in [0.15, 0.2) is 72.8 Å². The van der Waals surface area contributed by atoms with Crippen molar-refractivity contribution in [2.45, 2.75) is 49.7 Å². The maximum Gasteiger partial charge on any atom is 0.416 e. The van der Waals surface area contributed by atoms with Crippen LogP contribution in [-0.2, 0) is 30.0 Å². The minimum Gasteiger partial charge on any atom is -0.493 e. The average Bonchev–Trinajstić information content (AvgIpc) is 3.21. The smallest absolute Gasteiger partial charge is 0.416 e. The predicted molar refractivity (Wildman–Crippen MR) is 147 cm³/mol. The molecule has 1 fully saturated rings. The lowest BCUT2D eigenvalue weighted by molar-refractivity contribution is -0.153. The number of amides is 2. The van der Waals surface area contributed by atoms with Crippen molar-refractivity contribution in [2.75, 3.05) is 20.2 Å². The molecule has 0 spiro atoms. The first kappa shape index (κ1) is 32.5. The summed E-state index contributed by atoms with van der Waals surface area (Å²) in [6.45, 7) is 1.69. The van der Waals surface area contributed by atoms with E-state index in [0.29, 0.717) is 23.3 Å². The van der Waals surface area contributed by atoms with Crippen molar-refractivity contribution < 1.29 is 50.5 Å². The van der Waals surface area contributed by atoms with Crippen molar-refractivity contribution in [1.29, 1.82) is 0 Å². The first-order valence-corrected chi connectivity index (χ1v) is 13.5. The summed E-state index contributed by atoms with van der Waals surface area (Å²) in [7, 11) is 1.61. The topological polar surface area (TPSA) is 88.1 Å². The van der Waals surface area contributed by atoms with Crippen molar-refractivity contribution in [2.24, 2.45) is 0 Å². The highest BCUT2D eigenvalue weighted by Crippen LogP contribution is 2.33. The number of hydrogen-bond acceptors (Lipinski definition) is 4. The van der Waals surface area contributed by atoms with Crippen molar-refractivity contribution in [3.8, 4) is 11.5 Å². The van der Waals surface area contributed by atoms with Gasteiger partial charge in [-0.05, 0) is 73.0 Å². The summed E-state index contributed by atoms with van der Waals surface area (Å²) >= 11 is 0. The molecule has 44 heavy (non-hydrogen) atoms. The number of carboxylic acids is 1. The van der Waals surface area contributed by atoms with Crippen LogP contribution in [0, 0.1) is 0 Å². The Hall–Kier alpha value is -4.42. The standard InChI is InChI=1S/C31H30F6N2O5/c1-28(26(40)41,44-24-12-10-23(11-13-24)31(35,36)37)17-21-4-3-5-25(16-21)43-15-14-29(19-38-27(42)39(29)2)18-20-6-8-22(9-7-20)30(32,33)34/h3-13,16H,14-15,17-19H2,1-2H3,(H,38,42)(H,40,41). The third kappa shape index (κ3) is 7.56. The van der Waals surface area contributed by atoms with Crippen LogP contribution in [0.1, 0.15) is 35.6 Å². The van der Waals surface area contributed by atoms with E-state index >= 15 is 0 Å². The quantitative estimate of drug-likeness (QED) is 0.235. The SMILES string of the molecule is CN1C(=O)NCC1(CCOc1cccc(CC(C)(Oc2ccc(C(F)(F)F)cc2)C(=O)O)c1)Cc1ccc(C(F)(F)F)cc1. The minimum absolute atomic E-state index is 0.0440. The molecule has 0 aliphatic carbocycles. The van der Waals surface area contributed by atoms with Crippen LogP contribution >= 0.6 is 0 Å². The number of ether oxygens (including phenoxy) is 2. The molecular weight excluding hydrogens is 594 g/mol. The van der Waals surface area contributed by atoms with Crippen LogP contribution in [0.3, 0.4) is 0 Å². The Morgan fingerprint density at radius 3 is 2.02 bits per heavy atom. The van der Waals surface area contributed by atoms with Gasteiger partial charge in [0.25, 0.3) is 0 Å². The van der Waals surface area contributed by atoms with E-state index in [0.717, 1.165) is 36.4 Å². The van der Waals surface area contributed by atoms with Crippen molar-refractivity contribution in [3.05, 3.63) is 95.1 Å².